The van der Waals surface area contributed by atoms with Crippen LogP contribution < -0.4 is 5.32 Å². The third kappa shape index (κ3) is 4.70. The highest BCUT2D eigenvalue weighted by atomic mass is 32.2. The molecular weight excluding hydrogens is 502 g/mol. The highest BCUT2D eigenvalue weighted by Crippen LogP contribution is 2.49. The van der Waals surface area contributed by atoms with E-state index in [4.69, 9.17) is 0 Å². The van der Waals surface area contributed by atoms with E-state index in [9.17, 15) is 35.6 Å². The number of pyridine rings is 1. The Labute approximate surface area is 204 Å². The van der Waals surface area contributed by atoms with Crippen molar-refractivity contribution in [2.75, 3.05) is 6.26 Å². The predicted molar refractivity (Wildman–Crippen MR) is 119 cm³/mol. The van der Waals surface area contributed by atoms with Crippen LogP contribution in [0.4, 0.5) is 17.6 Å². The molecule has 2 aromatic rings. The molecule has 7 nitrogen and oxygen atoms in total. The number of halogens is 4. The first-order valence-corrected chi connectivity index (χ1v) is 13.4. The van der Waals surface area contributed by atoms with Gasteiger partial charge in [-0.3, -0.25) is 9.59 Å². The van der Waals surface area contributed by atoms with Crippen LogP contribution in [0.15, 0.2) is 41.6 Å². The number of rotatable bonds is 6. The molecule has 4 atom stereocenters. The number of carbonyl (C=O) groups excluding carboxylic acids is 2. The maximum Gasteiger partial charge on any atom is 0.416 e. The van der Waals surface area contributed by atoms with E-state index in [0.717, 1.165) is 31.0 Å². The van der Waals surface area contributed by atoms with Crippen molar-refractivity contribution in [3.05, 3.63) is 59.0 Å². The third-order valence-corrected chi connectivity index (χ3v) is 8.06. The van der Waals surface area contributed by atoms with Gasteiger partial charge in [0.25, 0.3) is 5.91 Å². The monoisotopic (exact) mass is 525 g/mol. The van der Waals surface area contributed by atoms with E-state index in [0.29, 0.717) is 25.3 Å². The van der Waals surface area contributed by atoms with Gasteiger partial charge in [0, 0.05) is 24.1 Å². The van der Waals surface area contributed by atoms with Crippen LogP contribution in [0.1, 0.15) is 53.2 Å². The van der Waals surface area contributed by atoms with E-state index < -0.39 is 51.3 Å². The van der Waals surface area contributed by atoms with Crippen molar-refractivity contribution in [1.82, 2.24) is 15.2 Å². The Morgan fingerprint density at radius 2 is 1.86 bits per heavy atom. The molecule has 2 heterocycles. The maximum absolute atomic E-state index is 14.7. The van der Waals surface area contributed by atoms with Gasteiger partial charge in [-0.15, -0.1) is 0 Å². The summed E-state index contributed by atoms with van der Waals surface area (Å²) in [4.78, 5) is 31.8. The van der Waals surface area contributed by atoms with Gasteiger partial charge in [-0.05, 0) is 61.8 Å². The van der Waals surface area contributed by atoms with Crippen LogP contribution in [0.25, 0.3) is 0 Å². The summed E-state index contributed by atoms with van der Waals surface area (Å²) in [6, 6.07) is 3.11. The van der Waals surface area contributed by atoms with Gasteiger partial charge in [-0.25, -0.2) is 17.8 Å². The Morgan fingerprint density at radius 3 is 2.42 bits per heavy atom. The second-order valence-electron chi connectivity index (χ2n) is 9.74. The van der Waals surface area contributed by atoms with E-state index in [1.165, 1.54) is 17.0 Å². The minimum absolute atomic E-state index is 0.0135. The standard InChI is InChI=1S/C24H23F4N3O4S/c1-36(34,35)20-7-4-13(11-29-20)23(33)31-18-8-14(18)9-19(31)22(32)30-21(12-2-3-12)16-6-5-15(10-17(16)25)24(26,27)28/h4-7,10-12,14,18-19,21H,2-3,8-9H2,1H3,(H,30,32)/t14-,18-,19-,21-/m1/s1. The predicted octanol–water partition coefficient (Wildman–Crippen LogP) is 3.51. The van der Waals surface area contributed by atoms with E-state index in [1.807, 2.05) is 0 Å². The Morgan fingerprint density at radius 1 is 1.14 bits per heavy atom. The molecule has 2 saturated carbocycles. The summed E-state index contributed by atoms with van der Waals surface area (Å²) in [5.41, 5.74) is -0.978. The third-order valence-electron chi connectivity index (χ3n) is 7.06. The Balaban J connectivity index is 1.35. The number of aromatic nitrogens is 1. The molecule has 2 aliphatic carbocycles. The highest BCUT2D eigenvalue weighted by Gasteiger charge is 2.56. The number of piperidine rings is 1. The Bertz CT molecular complexity index is 1330. The maximum atomic E-state index is 14.7. The SMILES string of the molecule is CS(=O)(=O)c1ccc(C(=O)N2[C@@H](C(=O)N[C@@H](c3ccc(C(F)(F)F)cc3F)C3CC3)C[C@H]3C[C@H]32)cn1. The van der Waals surface area contributed by atoms with Gasteiger partial charge in [0.1, 0.15) is 11.9 Å². The fourth-order valence-corrected chi connectivity index (χ4v) is 5.50. The number of sulfone groups is 1. The van der Waals surface area contributed by atoms with E-state index in [2.05, 4.69) is 10.3 Å². The molecule has 0 unspecified atom stereocenters. The van der Waals surface area contributed by atoms with Crippen molar-refractivity contribution >= 4 is 21.7 Å². The molecule has 0 bridgehead atoms. The van der Waals surface area contributed by atoms with Gasteiger partial charge in [-0.2, -0.15) is 13.2 Å². The molecule has 1 saturated heterocycles. The number of likely N-dealkylation sites (tertiary alicyclic amines) is 1. The lowest BCUT2D eigenvalue weighted by Crippen LogP contribution is -2.49. The number of nitrogens with one attached hydrogen (secondary N) is 1. The second-order valence-corrected chi connectivity index (χ2v) is 11.7. The van der Waals surface area contributed by atoms with Crippen LogP contribution in [0, 0.1) is 17.7 Å². The number of fused-ring (bicyclic) bond motifs is 1. The summed E-state index contributed by atoms with van der Waals surface area (Å²) in [6.07, 6.45) is 0.0343. The molecule has 5 rings (SSSR count). The average molecular weight is 526 g/mol. The van der Waals surface area contributed by atoms with Crippen molar-refractivity contribution in [2.45, 2.75) is 55.0 Å². The summed E-state index contributed by atoms with van der Waals surface area (Å²) < 4.78 is 76.9. The first kappa shape index (κ1) is 24.7. The minimum atomic E-state index is -4.68. The molecule has 2 amide bonds. The molecule has 1 N–H and O–H groups in total. The first-order chi connectivity index (χ1) is 16.8. The number of carbonyl (C=O) groups is 2. The smallest absolute Gasteiger partial charge is 0.347 e. The van der Waals surface area contributed by atoms with Crippen LogP contribution in [0.5, 0.6) is 0 Å². The number of benzene rings is 1. The molecule has 0 radical (unpaired) electrons. The zero-order chi connectivity index (χ0) is 26.0. The van der Waals surface area contributed by atoms with Gasteiger partial charge in [0.05, 0.1) is 17.2 Å². The van der Waals surface area contributed by atoms with Crippen molar-refractivity contribution in [3.8, 4) is 0 Å². The first-order valence-electron chi connectivity index (χ1n) is 11.5. The Hall–Kier alpha value is -3.02. The number of hydrogen-bond donors (Lipinski definition) is 1. The number of amides is 2. The molecule has 3 aliphatic rings. The van der Waals surface area contributed by atoms with Crippen LogP contribution in [0.3, 0.4) is 0 Å². The summed E-state index contributed by atoms with van der Waals surface area (Å²) in [5, 5.41) is 2.62. The lowest BCUT2D eigenvalue weighted by atomic mass is 9.99. The summed E-state index contributed by atoms with van der Waals surface area (Å²) in [5.74, 6) is -1.95. The molecular formula is C24H23F4N3O4S. The largest absolute Gasteiger partial charge is 0.416 e. The molecule has 3 fully saturated rings. The van der Waals surface area contributed by atoms with Gasteiger partial charge < -0.3 is 10.2 Å². The fourth-order valence-electron chi connectivity index (χ4n) is 4.94. The molecule has 0 spiro atoms. The highest BCUT2D eigenvalue weighted by molar-refractivity contribution is 7.90. The average Bonchev–Trinajstić information content (AvgIpc) is 3.74. The number of alkyl halides is 3. The normalized spacial score (nSPS) is 24.2. The van der Waals surface area contributed by atoms with E-state index in [-0.39, 0.29) is 34.0 Å². The van der Waals surface area contributed by atoms with Gasteiger partial charge >= 0.3 is 6.18 Å². The van der Waals surface area contributed by atoms with Gasteiger partial charge in [0.15, 0.2) is 14.9 Å². The Kier molecular flexibility index (Phi) is 5.85. The molecule has 1 aliphatic heterocycles. The quantitative estimate of drug-likeness (QED) is 0.583. The summed E-state index contributed by atoms with van der Waals surface area (Å²) >= 11 is 0. The lowest BCUT2D eigenvalue weighted by molar-refractivity contribution is -0.137. The number of nitrogens with zero attached hydrogens (tertiary/aromatic N) is 2. The van der Waals surface area contributed by atoms with Crippen molar-refractivity contribution < 1.29 is 35.6 Å². The van der Waals surface area contributed by atoms with Crippen molar-refractivity contribution in [1.29, 1.82) is 0 Å². The summed E-state index contributed by atoms with van der Waals surface area (Å²) in [7, 11) is -3.54. The topological polar surface area (TPSA) is 96.4 Å². The number of hydrogen-bond acceptors (Lipinski definition) is 5. The fraction of sp³-hybridized carbons (Fsp3) is 0.458. The van der Waals surface area contributed by atoms with E-state index >= 15 is 0 Å². The lowest BCUT2D eigenvalue weighted by Gasteiger charge is -2.29. The molecule has 1 aromatic heterocycles. The second kappa shape index (κ2) is 8.53. The molecule has 192 valence electrons. The van der Waals surface area contributed by atoms with Crippen LogP contribution >= 0.6 is 0 Å². The molecule has 36 heavy (non-hydrogen) atoms. The van der Waals surface area contributed by atoms with Crippen LogP contribution in [-0.4, -0.2) is 48.5 Å². The van der Waals surface area contributed by atoms with Crippen molar-refractivity contribution in [2.24, 2.45) is 11.8 Å². The van der Waals surface area contributed by atoms with Gasteiger partial charge in [-0.1, -0.05) is 6.07 Å². The zero-order valence-corrected chi connectivity index (χ0v) is 19.9. The zero-order valence-electron chi connectivity index (χ0n) is 19.1. The van der Waals surface area contributed by atoms with Crippen molar-refractivity contribution in [3.63, 3.8) is 0 Å². The van der Waals surface area contributed by atoms with E-state index in [1.54, 1.807) is 0 Å². The van der Waals surface area contributed by atoms with Crippen LogP contribution in [0.2, 0.25) is 0 Å². The summed E-state index contributed by atoms with van der Waals surface area (Å²) in [6.45, 7) is 0. The van der Waals surface area contributed by atoms with Crippen LogP contribution in [-0.2, 0) is 20.8 Å². The molecule has 1 aromatic carbocycles. The minimum Gasteiger partial charge on any atom is -0.347 e. The van der Waals surface area contributed by atoms with Gasteiger partial charge in [0.2, 0.25) is 5.91 Å². The molecule has 12 heteroatoms.